The van der Waals surface area contributed by atoms with Gasteiger partial charge in [0.15, 0.2) is 0 Å². The summed E-state index contributed by atoms with van der Waals surface area (Å²) in [6, 6.07) is 4.65. The lowest BCUT2D eigenvalue weighted by Crippen LogP contribution is -2.49. The van der Waals surface area contributed by atoms with Gasteiger partial charge in [-0.05, 0) is 43.9 Å². The van der Waals surface area contributed by atoms with Crippen LogP contribution in [0.25, 0.3) is 0 Å². The summed E-state index contributed by atoms with van der Waals surface area (Å²) in [5.41, 5.74) is 0.855. The van der Waals surface area contributed by atoms with Crippen LogP contribution < -0.4 is 4.72 Å². The van der Waals surface area contributed by atoms with E-state index in [1.54, 1.807) is 12.1 Å². The summed E-state index contributed by atoms with van der Waals surface area (Å²) < 4.78 is 39.1. The van der Waals surface area contributed by atoms with Gasteiger partial charge in [-0.15, -0.1) is 0 Å². The van der Waals surface area contributed by atoms with E-state index in [-0.39, 0.29) is 23.1 Å². The monoisotopic (exact) mass is 345 g/mol. The van der Waals surface area contributed by atoms with Gasteiger partial charge in [-0.2, -0.15) is 0 Å². The zero-order valence-electron chi connectivity index (χ0n) is 12.4. The molecule has 5 nitrogen and oxygen atoms in total. The second-order valence-electron chi connectivity index (χ2n) is 5.86. The maximum Gasteiger partial charge on any atom is 0.240 e. The number of aryl methyl sites for hydroxylation is 1. The van der Waals surface area contributed by atoms with E-state index < -0.39 is 10.0 Å². The SMILES string of the molecule is Cc1ccc(S(=O)(=O)NC2CCC3OCCOC3C2)cc1Cl. The highest BCUT2D eigenvalue weighted by atomic mass is 35.5. The summed E-state index contributed by atoms with van der Waals surface area (Å²) in [5.74, 6) is 0. The molecular formula is C15H20ClNO4S. The van der Waals surface area contributed by atoms with Crippen LogP contribution in [0.3, 0.4) is 0 Å². The molecule has 0 aromatic heterocycles. The molecule has 3 unspecified atom stereocenters. The maximum absolute atomic E-state index is 12.5. The number of benzene rings is 1. The van der Waals surface area contributed by atoms with Crippen molar-refractivity contribution in [1.82, 2.24) is 4.72 Å². The Kier molecular flexibility index (Phi) is 4.75. The predicted molar refractivity (Wildman–Crippen MR) is 83.6 cm³/mol. The molecule has 2 aliphatic rings. The fraction of sp³-hybridized carbons (Fsp3) is 0.600. The summed E-state index contributed by atoms with van der Waals surface area (Å²) in [6.45, 7) is 3.04. The van der Waals surface area contributed by atoms with Gasteiger partial charge in [-0.3, -0.25) is 0 Å². The van der Waals surface area contributed by atoms with Crippen molar-refractivity contribution in [3.63, 3.8) is 0 Å². The minimum Gasteiger partial charge on any atom is -0.373 e. The van der Waals surface area contributed by atoms with Crippen LogP contribution in [0.5, 0.6) is 0 Å². The van der Waals surface area contributed by atoms with Crippen LogP contribution >= 0.6 is 11.6 Å². The third-order valence-electron chi connectivity index (χ3n) is 4.25. The molecule has 3 atom stereocenters. The molecule has 1 heterocycles. The molecule has 1 aromatic rings. The lowest BCUT2D eigenvalue weighted by molar-refractivity contribution is -0.156. The van der Waals surface area contributed by atoms with Crippen molar-refractivity contribution in [1.29, 1.82) is 0 Å². The van der Waals surface area contributed by atoms with E-state index in [0.29, 0.717) is 24.7 Å². The van der Waals surface area contributed by atoms with Gasteiger partial charge >= 0.3 is 0 Å². The predicted octanol–water partition coefficient (Wildman–Crippen LogP) is 2.26. The highest BCUT2D eigenvalue weighted by Gasteiger charge is 2.35. The maximum atomic E-state index is 12.5. The average Bonchev–Trinajstić information content (AvgIpc) is 2.49. The van der Waals surface area contributed by atoms with E-state index in [4.69, 9.17) is 21.1 Å². The Balaban J connectivity index is 1.70. The van der Waals surface area contributed by atoms with Crippen molar-refractivity contribution in [3.05, 3.63) is 28.8 Å². The van der Waals surface area contributed by atoms with Crippen molar-refractivity contribution >= 4 is 21.6 Å². The first kappa shape index (κ1) is 16.2. The van der Waals surface area contributed by atoms with Crippen LogP contribution in [0.1, 0.15) is 24.8 Å². The molecule has 7 heteroatoms. The van der Waals surface area contributed by atoms with Crippen LogP contribution in [0.15, 0.2) is 23.1 Å². The van der Waals surface area contributed by atoms with E-state index >= 15 is 0 Å². The zero-order chi connectivity index (χ0) is 15.7. The zero-order valence-corrected chi connectivity index (χ0v) is 14.0. The molecule has 0 bridgehead atoms. The Labute approximate surface area is 136 Å². The summed E-state index contributed by atoms with van der Waals surface area (Å²) >= 11 is 6.03. The van der Waals surface area contributed by atoms with Crippen molar-refractivity contribution in [2.45, 2.75) is 49.3 Å². The smallest absolute Gasteiger partial charge is 0.240 e. The van der Waals surface area contributed by atoms with Gasteiger partial charge in [-0.25, -0.2) is 13.1 Å². The van der Waals surface area contributed by atoms with Gasteiger partial charge in [0.25, 0.3) is 0 Å². The van der Waals surface area contributed by atoms with Crippen LogP contribution in [0, 0.1) is 6.92 Å². The Morgan fingerprint density at radius 2 is 1.91 bits per heavy atom. The van der Waals surface area contributed by atoms with Crippen LogP contribution in [0.2, 0.25) is 5.02 Å². The number of ether oxygens (including phenoxy) is 2. The molecule has 0 amide bonds. The van der Waals surface area contributed by atoms with E-state index in [9.17, 15) is 8.42 Å². The summed E-state index contributed by atoms with van der Waals surface area (Å²) in [6.07, 6.45) is 2.29. The number of hydrogen-bond acceptors (Lipinski definition) is 4. The van der Waals surface area contributed by atoms with Gasteiger partial charge in [-0.1, -0.05) is 17.7 Å². The number of hydrogen-bond donors (Lipinski definition) is 1. The number of fused-ring (bicyclic) bond motifs is 1. The molecule has 1 aromatic carbocycles. The lowest BCUT2D eigenvalue weighted by Gasteiger charge is -2.38. The van der Waals surface area contributed by atoms with Gasteiger partial charge in [0.1, 0.15) is 0 Å². The minimum absolute atomic E-state index is 0.0168. The summed E-state index contributed by atoms with van der Waals surface area (Å²) in [4.78, 5) is 0.200. The Morgan fingerprint density at radius 1 is 1.18 bits per heavy atom. The van der Waals surface area contributed by atoms with E-state index in [1.807, 2.05) is 6.92 Å². The van der Waals surface area contributed by atoms with E-state index in [0.717, 1.165) is 18.4 Å². The largest absolute Gasteiger partial charge is 0.373 e. The normalized spacial score (nSPS) is 29.1. The van der Waals surface area contributed by atoms with Gasteiger partial charge < -0.3 is 9.47 Å². The number of sulfonamides is 1. The first-order valence-electron chi connectivity index (χ1n) is 7.47. The quantitative estimate of drug-likeness (QED) is 0.912. The Bertz CT molecular complexity index is 649. The topological polar surface area (TPSA) is 64.6 Å². The first-order valence-corrected chi connectivity index (χ1v) is 9.33. The molecule has 0 spiro atoms. The fourth-order valence-electron chi connectivity index (χ4n) is 3.00. The number of rotatable bonds is 3. The molecule has 2 fully saturated rings. The first-order chi connectivity index (χ1) is 10.5. The van der Waals surface area contributed by atoms with Crippen LogP contribution in [-0.2, 0) is 19.5 Å². The van der Waals surface area contributed by atoms with E-state index in [1.165, 1.54) is 6.07 Å². The Morgan fingerprint density at radius 3 is 2.64 bits per heavy atom. The van der Waals surface area contributed by atoms with Gasteiger partial charge in [0.2, 0.25) is 10.0 Å². The van der Waals surface area contributed by atoms with Crippen molar-refractivity contribution < 1.29 is 17.9 Å². The molecule has 1 saturated carbocycles. The molecule has 1 aliphatic heterocycles. The number of nitrogens with one attached hydrogen (secondary N) is 1. The summed E-state index contributed by atoms with van der Waals surface area (Å²) in [5, 5.41) is 0.454. The average molecular weight is 346 g/mol. The van der Waals surface area contributed by atoms with Crippen LogP contribution in [0.4, 0.5) is 0 Å². The third kappa shape index (κ3) is 3.46. The minimum atomic E-state index is -3.57. The molecule has 1 aliphatic carbocycles. The highest BCUT2D eigenvalue weighted by molar-refractivity contribution is 7.89. The van der Waals surface area contributed by atoms with Crippen molar-refractivity contribution in [2.75, 3.05) is 13.2 Å². The van der Waals surface area contributed by atoms with Crippen LogP contribution in [-0.4, -0.2) is 39.9 Å². The molecule has 1 N–H and O–H groups in total. The third-order valence-corrected chi connectivity index (χ3v) is 6.18. The fourth-order valence-corrected chi connectivity index (χ4v) is 4.56. The molecule has 1 saturated heterocycles. The van der Waals surface area contributed by atoms with Gasteiger partial charge in [0.05, 0.1) is 30.3 Å². The van der Waals surface area contributed by atoms with Gasteiger partial charge in [0, 0.05) is 11.1 Å². The van der Waals surface area contributed by atoms with Crippen molar-refractivity contribution in [3.8, 4) is 0 Å². The second-order valence-corrected chi connectivity index (χ2v) is 7.98. The van der Waals surface area contributed by atoms with Crippen molar-refractivity contribution in [2.24, 2.45) is 0 Å². The molecule has 0 radical (unpaired) electrons. The molecule has 22 heavy (non-hydrogen) atoms. The molecular weight excluding hydrogens is 326 g/mol. The Hall–Kier alpha value is -0.660. The number of halogens is 1. The van der Waals surface area contributed by atoms with E-state index in [2.05, 4.69) is 4.72 Å². The highest BCUT2D eigenvalue weighted by Crippen LogP contribution is 2.28. The second kappa shape index (κ2) is 6.45. The molecule has 3 rings (SSSR count). The summed E-state index contributed by atoms with van der Waals surface area (Å²) in [7, 11) is -3.57. The standard InChI is InChI=1S/C15H20ClNO4S/c1-10-2-4-12(9-13(10)16)22(18,19)17-11-3-5-14-15(8-11)21-7-6-20-14/h2,4,9,11,14-15,17H,3,5-8H2,1H3. The lowest BCUT2D eigenvalue weighted by atomic mass is 9.90. The molecule has 122 valence electrons.